The zero-order valence-electron chi connectivity index (χ0n) is 14.3. The maximum absolute atomic E-state index is 12.2. The van der Waals surface area contributed by atoms with Crippen molar-refractivity contribution in [3.63, 3.8) is 0 Å². The molecule has 0 amide bonds. The predicted molar refractivity (Wildman–Crippen MR) is 101 cm³/mol. The highest BCUT2D eigenvalue weighted by Gasteiger charge is 2.17. The Morgan fingerprint density at radius 1 is 1.31 bits per heavy atom. The molecule has 0 saturated heterocycles. The van der Waals surface area contributed by atoms with Gasteiger partial charge in [0.05, 0.1) is 0 Å². The van der Waals surface area contributed by atoms with E-state index in [2.05, 4.69) is 15.3 Å². The average Bonchev–Trinajstić information content (AvgIpc) is 3.09. The van der Waals surface area contributed by atoms with E-state index in [9.17, 15) is 9.59 Å². The van der Waals surface area contributed by atoms with Gasteiger partial charge in [-0.05, 0) is 25.1 Å². The lowest BCUT2D eigenvalue weighted by atomic mass is 10.3. The molecule has 0 fully saturated rings. The molecule has 0 saturated carbocycles. The first-order valence-electron chi connectivity index (χ1n) is 8.12. The van der Waals surface area contributed by atoms with Gasteiger partial charge in [0, 0.05) is 42.7 Å². The molecule has 4 aromatic rings. The van der Waals surface area contributed by atoms with E-state index in [4.69, 9.17) is 11.6 Å². The zero-order valence-corrected chi connectivity index (χ0v) is 15.0. The summed E-state index contributed by atoms with van der Waals surface area (Å²) in [7, 11) is 1.59. The van der Waals surface area contributed by atoms with Crippen LogP contribution in [-0.4, -0.2) is 30.0 Å². The summed E-state index contributed by atoms with van der Waals surface area (Å²) in [5.74, 6) is 0.622. The van der Waals surface area contributed by atoms with Gasteiger partial charge in [-0.3, -0.25) is 18.7 Å². The third-order valence-electron chi connectivity index (χ3n) is 4.40. The lowest BCUT2D eigenvalue weighted by Gasteiger charge is -2.09. The van der Waals surface area contributed by atoms with Crippen LogP contribution in [0.25, 0.3) is 16.9 Å². The molecule has 2 N–H and O–H groups in total. The van der Waals surface area contributed by atoms with Crippen LogP contribution in [0, 0.1) is 6.92 Å². The van der Waals surface area contributed by atoms with Gasteiger partial charge < -0.3 is 9.88 Å². The number of aromatic nitrogens is 5. The van der Waals surface area contributed by atoms with Gasteiger partial charge in [0.25, 0.3) is 5.56 Å². The van der Waals surface area contributed by atoms with Crippen molar-refractivity contribution in [2.75, 3.05) is 11.9 Å². The van der Waals surface area contributed by atoms with Crippen molar-refractivity contribution in [1.82, 2.24) is 23.5 Å². The summed E-state index contributed by atoms with van der Waals surface area (Å²) in [6.07, 6.45) is 1.85. The van der Waals surface area contributed by atoms with E-state index in [0.29, 0.717) is 35.1 Å². The number of aromatic amines is 1. The van der Waals surface area contributed by atoms with Crippen LogP contribution in [0.1, 0.15) is 5.69 Å². The van der Waals surface area contributed by atoms with Gasteiger partial charge in [-0.15, -0.1) is 0 Å². The number of anilines is 1. The molecule has 3 heterocycles. The molecular weight excluding hydrogens is 356 g/mol. The van der Waals surface area contributed by atoms with Crippen molar-refractivity contribution in [2.45, 2.75) is 13.5 Å². The van der Waals surface area contributed by atoms with Crippen LogP contribution in [0.4, 0.5) is 5.69 Å². The van der Waals surface area contributed by atoms with Gasteiger partial charge in [-0.1, -0.05) is 17.7 Å². The summed E-state index contributed by atoms with van der Waals surface area (Å²) in [4.78, 5) is 30.8. The molecule has 9 heteroatoms. The van der Waals surface area contributed by atoms with E-state index < -0.39 is 11.2 Å². The quantitative estimate of drug-likeness (QED) is 0.571. The molecule has 4 rings (SSSR count). The highest BCUT2D eigenvalue weighted by atomic mass is 35.5. The number of nitrogens with one attached hydrogen (secondary N) is 2. The molecule has 8 nitrogen and oxygen atoms in total. The van der Waals surface area contributed by atoms with Crippen molar-refractivity contribution in [2.24, 2.45) is 7.05 Å². The van der Waals surface area contributed by atoms with E-state index in [1.165, 1.54) is 4.57 Å². The van der Waals surface area contributed by atoms with E-state index in [1.54, 1.807) is 11.4 Å². The fourth-order valence-corrected chi connectivity index (χ4v) is 3.29. The number of hydrogen-bond acceptors (Lipinski definition) is 4. The van der Waals surface area contributed by atoms with Crippen LogP contribution in [0.2, 0.25) is 5.02 Å². The number of imidazole rings is 2. The first kappa shape index (κ1) is 16.5. The largest absolute Gasteiger partial charge is 0.383 e. The Balaban J connectivity index is 1.71. The molecule has 0 bridgehead atoms. The van der Waals surface area contributed by atoms with E-state index in [1.807, 2.05) is 42.0 Å². The molecule has 134 valence electrons. The van der Waals surface area contributed by atoms with Crippen LogP contribution in [0.3, 0.4) is 0 Å². The van der Waals surface area contributed by atoms with Gasteiger partial charge in [-0.2, -0.15) is 4.98 Å². The van der Waals surface area contributed by atoms with Gasteiger partial charge in [0.2, 0.25) is 5.78 Å². The fraction of sp³-hybridized carbons (Fsp3) is 0.235. The zero-order chi connectivity index (χ0) is 18.4. The second kappa shape index (κ2) is 6.06. The SMILES string of the molecule is Cc1cn2c3c(=O)[nH]c(=O)n(C)c3nc2n1CCNc1cccc(Cl)c1. The summed E-state index contributed by atoms with van der Waals surface area (Å²) < 4.78 is 5.07. The Morgan fingerprint density at radius 3 is 2.88 bits per heavy atom. The highest BCUT2D eigenvalue weighted by Crippen LogP contribution is 2.17. The summed E-state index contributed by atoms with van der Waals surface area (Å²) in [6, 6.07) is 7.52. The molecule has 3 aromatic heterocycles. The van der Waals surface area contributed by atoms with Gasteiger partial charge in [0.1, 0.15) is 0 Å². The summed E-state index contributed by atoms with van der Waals surface area (Å²) in [5, 5.41) is 3.99. The maximum Gasteiger partial charge on any atom is 0.329 e. The van der Waals surface area contributed by atoms with Crippen LogP contribution >= 0.6 is 11.6 Å². The standard InChI is InChI=1S/C17H17ClN6O2/c1-10-9-24-13-14(22(2)17(26)21-15(13)25)20-16(24)23(10)7-6-19-12-5-3-4-11(18)8-12/h3-5,8-9,19H,6-7H2,1-2H3,(H,21,25,26). The average molecular weight is 373 g/mol. The van der Waals surface area contributed by atoms with Gasteiger partial charge in [-0.25, -0.2) is 4.79 Å². The lowest BCUT2D eigenvalue weighted by Crippen LogP contribution is -2.28. The van der Waals surface area contributed by atoms with E-state index >= 15 is 0 Å². The second-order valence-electron chi connectivity index (χ2n) is 6.13. The van der Waals surface area contributed by atoms with Crippen molar-refractivity contribution in [3.05, 3.63) is 62.0 Å². The molecule has 0 aliphatic heterocycles. The molecule has 0 aliphatic rings. The van der Waals surface area contributed by atoms with Crippen molar-refractivity contribution in [1.29, 1.82) is 0 Å². The number of fused-ring (bicyclic) bond motifs is 3. The summed E-state index contributed by atoms with van der Waals surface area (Å²) >= 11 is 6.00. The summed E-state index contributed by atoms with van der Waals surface area (Å²) in [5.41, 5.74) is 1.72. The number of H-pyrrole nitrogens is 1. The number of benzene rings is 1. The lowest BCUT2D eigenvalue weighted by molar-refractivity contribution is 0.724. The molecular formula is C17H17ClN6O2. The Labute approximate surface area is 152 Å². The van der Waals surface area contributed by atoms with Crippen LogP contribution in [0.15, 0.2) is 40.1 Å². The molecule has 0 radical (unpaired) electrons. The highest BCUT2D eigenvalue weighted by molar-refractivity contribution is 6.30. The van der Waals surface area contributed by atoms with Crippen molar-refractivity contribution < 1.29 is 0 Å². The number of aryl methyl sites for hydroxylation is 2. The Bertz CT molecular complexity index is 1250. The normalized spacial score (nSPS) is 11.5. The molecule has 0 unspecified atom stereocenters. The van der Waals surface area contributed by atoms with Crippen molar-refractivity contribution in [3.8, 4) is 0 Å². The van der Waals surface area contributed by atoms with E-state index in [0.717, 1.165) is 11.4 Å². The Morgan fingerprint density at radius 2 is 2.12 bits per heavy atom. The van der Waals surface area contributed by atoms with Gasteiger partial charge >= 0.3 is 5.69 Å². The predicted octanol–water partition coefficient (Wildman–Crippen LogP) is 1.75. The first-order chi connectivity index (χ1) is 12.5. The van der Waals surface area contributed by atoms with Crippen LogP contribution in [-0.2, 0) is 13.6 Å². The van der Waals surface area contributed by atoms with Crippen LogP contribution in [0.5, 0.6) is 0 Å². The number of rotatable bonds is 4. The minimum absolute atomic E-state index is 0.366. The fourth-order valence-electron chi connectivity index (χ4n) is 3.10. The third kappa shape index (κ3) is 2.59. The topological polar surface area (TPSA) is 89.1 Å². The first-order valence-corrected chi connectivity index (χ1v) is 8.50. The molecule has 0 spiro atoms. The van der Waals surface area contributed by atoms with Crippen molar-refractivity contribution >= 4 is 34.2 Å². The smallest absolute Gasteiger partial charge is 0.329 e. The number of halogens is 1. The maximum atomic E-state index is 12.2. The van der Waals surface area contributed by atoms with E-state index in [-0.39, 0.29) is 0 Å². The monoisotopic (exact) mass is 372 g/mol. The second-order valence-corrected chi connectivity index (χ2v) is 6.57. The number of nitrogens with zero attached hydrogens (tertiary/aromatic N) is 4. The Kier molecular flexibility index (Phi) is 3.84. The van der Waals surface area contributed by atoms with Gasteiger partial charge in [0.15, 0.2) is 11.2 Å². The van der Waals surface area contributed by atoms with Crippen LogP contribution < -0.4 is 16.6 Å². The number of hydrogen-bond donors (Lipinski definition) is 2. The minimum Gasteiger partial charge on any atom is -0.383 e. The minimum atomic E-state index is -0.478. The third-order valence-corrected chi connectivity index (χ3v) is 4.64. The Hall–Kier alpha value is -3.00. The molecule has 1 aromatic carbocycles. The molecule has 0 atom stereocenters. The molecule has 26 heavy (non-hydrogen) atoms. The summed E-state index contributed by atoms with van der Waals surface area (Å²) in [6.45, 7) is 3.25. The molecule has 0 aliphatic carbocycles.